The second-order valence-corrected chi connectivity index (χ2v) is 5.79. The maximum Gasteiger partial charge on any atom is 0.325 e. The Hall–Kier alpha value is -3.59. The fourth-order valence-corrected chi connectivity index (χ4v) is 2.34. The number of aromatic nitrogens is 2. The molecule has 2 heterocycles. The van der Waals surface area contributed by atoms with Crippen LogP contribution in [0.2, 0.25) is 0 Å². The van der Waals surface area contributed by atoms with E-state index in [-0.39, 0.29) is 0 Å². The van der Waals surface area contributed by atoms with Gasteiger partial charge in [-0.05, 0) is 31.2 Å². The van der Waals surface area contributed by atoms with E-state index in [1.807, 2.05) is 18.2 Å². The van der Waals surface area contributed by atoms with Crippen molar-refractivity contribution < 1.29 is 18.8 Å². The molecule has 0 bridgehead atoms. The van der Waals surface area contributed by atoms with Crippen molar-refractivity contribution in [3.8, 4) is 5.75 Å². The summed E-state index contributed by atoms with van der Waals surface area (Å²) in [6, 6.07) is 11.9. The Morgan fingerprint density at radius 3 is 2.68 bits per heavy atom. The van der Waals surface area contributed by atoms with Gasteiger partial charge in [0.25, 0.3) is 0 Å². The molecule has 0 saturated heterocycles. The molecule has 146 valence electrons. The van der Waals surface area contributed by atoms with E-state index >= 15 is 0 Å². The van der Waals surface area contributed by atoms with Crippen molar-refractivity contribution in [3.05, 3.63) is 54.4 Å². The number of amides is 2. The molecule has 28 heavy (non-hydrogen) atoms. The smallest absolute Gasteiger partial charge is 0.325 e. The van der Waals surface area contributed by atoms with Crippen molar-refractivity contribution >= 4 is 29.0 Å². The number of benzene rings is 1. The Balaban J connectivity index is 1.76. The van der Waals surface area contributed by atoms with Crippen LogP contribution in [0, 0.1) is 6.92 Å². The van der Waals surface area contributed by atoms with E-state index < -0.39 is 6.03 Å². The van der Waals surface area contributed by atoms with Gasteiger partial charge in [0, 0.05) is 25.4 Å². The molecule has 2 aromatic heterocycles. The summed E-state index contributed by atoms with van der Waals surface area (Å²) in [4.78, 5) is 16.5. The van der Waals surface area contributed by atoms with Crippen molar-refractivity contribution in [1.82, 2.24) is 10.1 Å². The molecule has 0 unspecified atom stereocenters. The molecule has 0 aliphatic rings. The Morgan fingerprint density at radius 2 is 1.96 bits per heavy atom. The van der Waals surface area contributed by atoms with Crippen LogP contribution in [0.15, 0.2) is 53.2 Å². The highest BCUT2D eigenvalue weighted by atomic mass is 16.5. The third-order valence-corrected chi connectivity index (χ3v) is 3.59. The van der Waals surface area contributed by atoms with Crippen LogP contribution in [-0.4, -0.2) is 36.5 Å². The van der Waals surface area contributed by atoms with Crippen LogP contribution in [0.4, 0.5) is 27.8 Å². The Morgan fingerprint density at radius 1 is 1.07 bits per heavy atom. The predicted octanol–water partition coefficient (Wildman–Crippen LogP) is 3.79. The number of anilines is 4. The van der Waals surface area contributed by atoms with Crippen molar-refractivity contribution in [2.45, 2.75) is 6.92 Å². The summed E-state index contributed by atoms with van der Waals surface area (Å²) in [5, 5.41) is 12.3. The molecular formula is C19H21N5O4. The van der Waals surface area contributed by atoms with Gasteiger partial charge in [0.1, 0.15) is 23.9 Å². The van der Waals surface area contributed by atoms with Crippen LogP contribution in [0.25, 0.3) is 0 Å². The molecular weight excluding hydrogens is 362 g/mol. The minimum Gasteiger partial charge on any atom is -0.491 e. The van der Waals surface area contributed by atoms with Crippen molar-refractivity contribution in [2.75, 3.05) is 36.3 Å². The molecule has 3 rings (SSSR count). The molecule has 0 aliphatic carbocycles. The van der Waals surface area contributed by atoms with Crippen LogP contribution in [0.1, 0.15) is 5.76 Å². The monoisotopic (exact) mass is 383 g/mol. The first kappa shape index (κ1) is 19.2. The van der Waals surface area contributed by atoms with Crippen molar-refractivity contribution in [3.63, 3.8) is 0 Å². The molecule has 9 heteroatoms. The summed E-state index contributed by atoms with van der Waals surface area (Å²) in [5.41, 5.74) is 1.17. The van der Waals surface area contributed by atoms with E-state index in [2.05, 4.69) is 26.1 Å². The summed E-state index contributed by atoms with van der Waals surface area (Å²) < 4.78 is 15.6. The second kappa shape index (κ2) is 9.38. The molecule has 0 fully saturated rings. The number of hydrogen-bond donors (Lipinski definition) is 3. The summed E-state index contributed by atoms with van der Waals surface area (Å²) in [5.74, 6) is 2.19. The number of nitrogens with zero attached hydrogens (tertiary/aromatic N) is 2. The zero-order chi connectivity index (χ0) is 19.8. The largest absolute Gasteiger partial charge is 0.491 e. The molecule has 3 aromatic rings. The zero-order valence-electron chi connectivity index (χ0n) is 15.6. The number of hydrogen-bond acceptors (Lipinski definition) is 7. The number of nitrogens with one attached hydrogen (secondary N) is 3. The molecule has 1 aromatic carbocycles. The average molecular weight is 383 g/mol. The molecule has 2 amide bonds. The molecule has 0 saturated carbocycles. The maximum atomic E-state index is 12.3. The number of carbonyl (C=O) groups excluding carboxylic acids is 1. The lowest BCUT2D eigenvalue weighted by atomic mass is 10.2. The van der Waals surface area contributed by atoms with Gasteiger partial charge >= 0.3 is 6.03 Å². The van der Waals surface area contributed by atoms with Crippen LogP contribution in [-0.2, 0) is 4.74 Å². The fraction of sp³-hybridized carbons (Fsp3) is 0.211. The number of aryl methyl sites for hydroxylation is 1. The number of urea groups is 1. The van der Waals surface area contributed by atoms with Gasteiger partial charge in [0.2, 0.25) is 0 Å². The quantitative estimate of drug-likeness (QED) is 0.508. The van der Waals surface area contributed by atoms with Crippen LogP contribution < -0.4 is 20.7 Å². The maximum absolute atomic E-state index is 12.3. The van der Waals surface area contributed by atoms with Gasteiger partial charge in [-0.1, -0.05) is 11.2 Å². The average Bonchev–Trinajstić information content (AvgIpc) is 3.09. The molecule has 0 aliphatic heterocycles. The van der Waals surface area contributed by atoms with Gasteiger partial charge in [0.05, 0.1) is 18.0 Å². The minimum absolute atomic E-state index is 0.328. The first-order valence-electron chi connectivity index (χ1n) is 8.59. The predicted molar refractivity (Wildman–Crippen MR) is 105 cm³/mol. The van der Waals surface area contributed by atoms with Gasteiger partial charge < -0.3 is 24.6 Å². The van der Waals surface area contributed by atoms with Crippen LogP contribution in [0.3, 0.4) is 0 Å². The third-order valence-electron chi connectivity index (χ3n) is 3.59. The van der Waals surface area contributed by atoms with Gasteiger partial charge in [-0.2, -0.15) is 0 Å². The number of carbonyl (C=O) groups is 1. The summed E-state index contributed by atoms with van der Waals surface area (Å²) >= 11 is 0. The summed E-state index contributed by atoms with van der Waals surface area (Å²) in [6.45, 7) is 2.63. The fourth-order valence-electron chi connectivity index (χ4n) is 2.34. The first-order valence-corrected chi connectivity index (χ1v) is 8.59. The third kappa shape index (κ3) is 5.45. The lowest BCUT2D eigenvalue weighted by Gasteiger charge is -2.15. The van der Waals surface area contributed by atoms with Crippen molar-refractivity contribution in [2.24, 2.45) is 0 Å². The Kier molecular flexibility index (Phi) is 6.42. The highest BCUT2D eigenvalue weighted by Crippen LogP contribution is 2.29. The van der Waals surface area contributed by atoms with Gasteiger partial charge in [0.15, 0.2) is 5.82 Å². The summed E-state index contributed by atoms with van der Waals surface area (Å²) in [7, 11) is 1.61. The van der Waals surface area contributed by atoms with E-state index in [1.54, 1.807) is 44.5 Å². The number of rotatable bonds is 8. The topological polar surface area (TPSA) is 111 Å². The van der Waals surface area contributed by atoms with Crippen molar-refractivity contribution in [1.29, 1.82) is 0 Å². The van der Waals surface area contributed by atoms with E-state index in [0.717, 1.165) is 0 Å². The summed E-state index contributed by atoms with van der Waals surface area (Å²) in [6.07, 6.45) is 1.67. The molecule has 3 N–H and O–H groups in total. The van der Waals surface area contributed by atoms with Crippen LogP contribution >= 0.6 is 0 Å². The van der Waals surface area contributed by atoms with Crippen LogP contribution in [0.5, 0.6) is 5.75 Å². The Bertz CT molecular complexity index is 914. The number of ether oxygens (including phenoxy) is 2. The Labute approximate surface area is 162 Å². The molecule has 0 atom stereocenters. The van der Waals surface area contributed by atoms with E-state index in [4.69, 9.17) is 14.0 Å². The highest BCUT2D eigenvalue weighted by molar-refractivity contribution is 6.01. The number of pyridine rings is 1. The zero-order valence-corrected chi connectivity index (χ0v) is 15.6. The van der Waals surface area contributed by atoms with Gasteiger partial charge in [-0.25, -0.2) is 9.78 Å². The van der Waals surface area contributed by atoms with E-state index in [1.165, 1.54) is 0 Å². The molecule has 0 spiro atoms. The van der Waals surface area contributed by atoms with Gasteiger partial charge in [-0.3, -0.25) is 5.32 Å². The SMILES string of the molecule is COCCOc1ccc(NC(=O)Nc2cc(C)on2)c(Nc2ccccn2)c1. The first-order chi connectivity index (χ1) is 13.6. The molecule has 9 nitrogen and oxygen atoms in total. The molecule has 0 radical (unpaired) electrons. The standard InChI is InChI=1S/C19H21N5O4/c1-13-11-18(24-28-13)23-19(25)22-15-7-6-14(27-10-9-26-2)12-16(15)21-17-5-3-4-8-20-17/h3-8,11-12H,9-10H2,1-2H3,(H,20,21)(H2,22,23,24,25). The minimum atomic E-state index is -0.453. The lowest BCUT2D eigenvalue weighted by molar-refractivity contribution is 0.146. The van der Waals surface area contributed by atoms with Gasteiger partial charge in [-0.15, -0.1) is 0 Å². The number of methoxy groups -OCH3 is 1. The second-order valence-electron chi connectivity index (χ2n) is 5.79. The normalized spacial score (nSPS) is 10.4. The highest BCUT2D eigenvalue weighted by Gasteiger charge is 2.11. The lowest BCUT2D eigenvalue weighted by Crippen LogP contribution is -2.20. The van der Waals surface area contributed by atoms with E-state index in [9.17, 15) is 4.79 Å². The van der Waals surface area contributed by atoms with E-state index in [0.29, 0.717) is 47.7 Å².